The number of alkyl halides is 3. The third-order valence-electron chi connectivity index (χ3n) is 4.48. The lowest BCUT2D eigenvalue weighted by Gasteiger charge is -2.13. The average Bonchev–Trinajstić information content (AvgIpc) is 3.45. The van der Waals surface area contributed by atoms with Gasteiger partial charge in [-0.25, -0.2) is 4.68 Å². The number of thiophene rings is 1. The van der Waals surface area contributed by atoms with Gasteiger partial charge in [0.25, 0.3) is 11.8 Å². The van der Waals surface area contributed by atoms with Gasteiger partial charge in [0, 0.05) is 16.4 Å². The molecule has 0 saturated heterocycles. The van der Waals surface area contributed by atoms with Crippen LogP contribution in [0.15, 0.2) is 72.2 Å². The van der Waals surface area contributed by atoms with Crippen LogP contribution in [0, 0.1) is 0 Å². The lowest BCUT2D eigenvalue weighted by molar-refractivity contribution is -0.143. The second-order valence-electron chi connectivity index (χ2n) is 6.76. The van der Waals surface area contributed by atoms with E-state index in [0.29, 0.717) is 20.3 Å². The minimum absolute atomic E-state index is 0.101. The maximum absolute atomic E-state index is 13.8. The van der Waals surface area contributed by atoms with Crippen LogP contribution in [0.5, 0.6) is 0 Å². The predicted octanol–water partition coefficient (Wildman–Crippen LogP) is 6.11. The van der Waals surface area contributed by atoms with E-state index in [2.05, 4.69) is 15.7 Å². The molecule has 6 nitrogen and oxygen atoms in total. The van der Waals surface area contributed by atoms with Crippen molar-refractivity contribution in [1.82, 2.24) is 9.78 Å². The summed E-state index contributed by atoms with van der Waals surface area (Å²) >= 11 is 7.07. The van der Waals surface area contributed by atoms with Gasteiger partial charge in [0.05, 0.1) is 22.3 Å². The van der Waals surface area contributed by atoms with Gasteiger partial charge in [-0.1, -0.05) is 23.7 Å². The Morgan fingerprint density at radius 2 is 1.61 bits per heavy atom. The largest absolute Gasteiger partial charge is 0.434 e. The van der Waals surface area contributed by atoms with Crippen molar-refractivity contribution < 1.29 is 22.8 Å². The van der Waals surface area contributed by atoms with Crippen molar-refractivity contribution in [3.8, 4) is 5.69 Å². The van der Waals surface area contributed by atoms with Gasteiger partial charge in [0.2, 0.25) is 0 Å². The number of hydrogen-bond donors (Lipinski definition) is 2. The quantitative estimate of drug-likeness (QED) is 0.354. The highest BCUT2D eigenvalue weighted by Gasteiger charge is 2.40. The summed E-state index contributed by atoms with van der Waals surface area (Å²) in [5, 5.41) is 11.0. The van der Waals surface area contributed by atoms with Crippen molar-refractivity contribution in [2.45, 2.75) is 6.18 Å². The maximum atomic E-state index is 13.8. The normalized spacial score (nSPS) is 11.3. The predicted molar refractivity (Wildman–Crippen MR) is 120 cm³/mol. The Morgan fingerprint density at radius 3 is 2.21 bits per heavy atom. The summed E-state index contributed by atoms with van der Waals surface area (Å²) in [4.78, 5) is 25.4. The molecule has 0 atom stereocenters. The van der Waals surface area contributed by atoms with Crippen LogP contribution in [-0.2, 0) is 6.18 Å². The lowest BCUT2D eigenvalue weighted by atomic mass is 10.2. The summed E-state index contributed by atoms with van der Waals surface area (Å²) < 4.78 is 42.1. The monoisotopic (exact) mass is 490 g/mol. The number of hydrogen-bond acceptors (Lipinski definition) is 4. The Labute approximate surface area is 194 Å². The molecule has 0 aliphatic rings. The number of carbonyl (C=O) groups excluding carboxylic acids is 2. The van der Waals surface area contributed by atoms with Gasteiger partial charge >= 0.3 is 6.18 Å². The first-order valence-electron chi connectivity index (χ1n) is 9.40. The molecule has 2 N–H and O–H groups in total. The minimum atomic E-state index is -4.85. The van der Waals surface area contributed by atoms with Crippen molar-refractivity contribution in [3.05, 3.63) is 93.4 Å². The number of nitrogens with one attached hydrogen (secondary N) is 2. The number of halogens is 4. The SMILES string of the molecule is O=C(Nc1cccc(NC(=O)c2cnn(-c3ccc(Cl)cc3)c2C(F)(F)F)c1)c1cccs1. The number of rotatable bonds is 5. The zero-order chi connectivity index (χ0) is 23.6. The Hall–Kier alpha value is -3.63. The molecule has 0 radical (unpaired) electrons. The highest BCUT2D eigenvalue weighted by atomic mass is 35.5. The molecular weight excluding hydrogens is 477 g/mol. The third kappa shape index (κ3) is 5.07. The van der Waals surface area contributed by atoms with E-state index in [1.54, 1.807) is 29.6 Å². The van der Waals surface area contributed by atoms with Crippen molar-refractivity contribution in [2.75, 3.05) is 10.6 Å². The molecule has 33 heavy (non-hydrogen) atoms. The van der Waals surface area contributed by atoms with E-state index in [1.807, 2.05) is 0 Å². The van der Waals surface area contributed by atoms with Crippen molar-refractivity contribution in [3.63, 3.8) is 0 Å². The first-order valence-corrected chi connectivity index (χ1v) is 10.7. The molecule has 2 aromatic carbocycles. The first kappa shape index (κ1) is 22.6. The molecule has 0 aliphatic carbocycles. The molecule has 4 aromatic rings. The van der Waals surface area contributed by atoms with Gasteiger partial charge in [0.15, 0.2) is 5.69 Å². The Kier molecular flexibility index (Phi) is 6.21. The molecule has 0 saturated carbocycles. The van der Waals surface area contributed by atoms with Crippen LogP contribution in [0.1, 0.15) is 25.7 Å². The molecule has 0 spiro atoms. The van der Waals surface area contributed by atoms with Crippen molar-refractivity contribution in [1.29, 1.82) is 0 Å². The van der Waals surface area contributed by atoms with Crippen molar-refractivity contribution in [2.24, 2.45) is 0 Å². The van der Waals surface area contributed by atoms with Crippen LogP contribution in [0.4, 0.5) is 24.5 Å². The average molecular weight is 491 g/mol. The number of benzene rings is 2. The van der Waals surface area contributed by atoms with Gasteiger partial charge in [-0.05, 0) is 53.9 Å². The highest BCUT2D eigenvalue weighted by Crippen LogP contribution is 2.34. The smallest absolute Gasteiger partial charge is 0.322 e. The zero-order valence-corrected chi connectivity index (χ0v) is 18.1. The highest BCUT2D eigenvalue weighted by molar-refractivity contribution is 7.12. The summed E-state index contributed by atoms with van der Waals surface area (Å²) in [6, 6.07) is 15.1. The molecule has 0 aliphatic heterocycles. The molecule has 0 fully saturated rings. The van der Waals surface area contributed by atoms with Gasteiger partial charge in [-0.2, -0.15) is 18.3 Å². The maximum Gasteiger partial charge on any atom is 0.434 e. The van der Waals surface area contributed by atoms with E-state index >= 15 is 0 Å². The fourth-order valence-corrected chi connectivity index (χ4v) is 3.78. The van der Waals surface area contributed by atoms with Gasteiger partial charge in [-0.3, -0.25) is 9.59 Å². The minimum Gasteiger partial charge on any atom is -0.322 e. The summed E-state index contributed by atoms with van der Waals surface area (Å²) in [7, 11) is 0. The topological polar surface area (TPSA) is 76.0 Å². The molecule has 2 heterocycles. The number of nitrogens with zero attached hydrogens (tertiary/aromatic N) is 2. The van der Waals surface area contributed by atoms with Crippen LogP contribution < -0.4 is 10.6 Å². The number of carbonyl (C=O) groups is 2. The zero-order valence-electron chi connectivity index (χ0n) is 16.6. The van der Waals surface area contributed by atoms with Gasteiger partial charge in [-0.15, -0.1) is 11.3 Å². The van der Waals surface area contributed by atoms with E-state index < -0.39 is 23.3 Å². The van der Waals surface area contributed by atoms with Crippen LogP contribution in [0.25, 0.3) is 5.69 Å². The molecule has 168 valence electrons. The fourth-order valence-electron chi connectivity index (χ4n) is 3.04. The van der Waals surface area contributed by atoms with Crippen LogP contribution in [0.2, 0.25) is 5.02 Å². The molecular formula is C22H14ClF3N4O2S. The van der Waals surface area contributed by atoms with Gasteiger partial charge < -0.3 is 10.6 Å². The van der Waals surface area contributed by atoms with Crippen LogP contribution >= 0.6 is 22.9 Å². The standard InChI is InChI=1S/C22H14ClF3N4O2S/c23-13-6-8-16(9-7-13)30-19(22(24,25)26)17(12-27-30)20(31)28-14-3-1-4-15(11-14)29-21(32)18-5-2-10-33-18/h1-12H,(H,28,31)(H,29,32). The van der Waals surface area contributed by atoms with Crippen molar-refractivity contribution >= 4 is 46.1 Å². The Balaban J connectivity index is 1.59. The van der Waals surface area contributed by atoms with E-state index in [0.717, 1.165) is 6.20 Å². The fraction of sp³-hybridized carbons (Fsp3) is 0.0455. The number of aromatic nitrogens is 2. The molecule has 2 aromatic heterocycles. The molecule has 11 heteroatoms. The molecule has 2 amide bonds. The summed E-state index contributed by atoms with van der Waals surface area (Å²) in [6.45, 7) is 0. The van der Waals surface area contributed by atoms with E-state index in [9.17, 15) is 22.8 Å². The Bertz CT molecular complexity index is 1300. The molecule has 0 unspecified atom stereocenters. The van der Waals surface area contributed by atoms with Crippen LogP contribution in [0.3, 0.4) is 0 Å². The van der Waals surface area contributed by atoms with E-state index in [-0.39, 0.29) is 17.3 Å². The second-order valence-corrected chi connectivity index (χ2v) is 8.14. The first-order chi connectivity index (χ1) is 15.7. The van der Waals surface area contributed by atoms with Gasteiger partial charge in [0.1, 0.15) is 0 Å². The van der Waals surface area contributed by atoms with Crippen LogP contribution in [-0.4, -0.2) is 21.6 Å². The summed E-state index contributed by atoms with van der Waals surface area (Å²) in [6.07, 6.45) is -3.99. The number of amides is 2. The lowest BCUT2D eigenvalue weighted by Crippen LogP contribution is -2.20. The third-order valence-corrected chi connectivity index (χ3v) is 5.60. The Morgan fingerprint density at radius 1 is 0.939 bits per heavy atom. The summed E-state index contributed by atoms with van der Waals surface area (Å²) in [5.74, 6) is -1.33. The summed E-state index contributed by atoms with van der Waals surface area (Å²) in [5.41, 5.74) is -1.19. The number of anilines is 2. The second kappa shape index (κ2) is 9.08. The van der Waals surface area contributed by atoms with E-state index in [4.69, 9.17) is 11.6 Å². The van der Waals surface area contributed by atoms with E-state index in [1.165, 1.54) is 47.7 Å². The molecule has 0 bridgehead atoms. The molecule has 4 rings (SSSR count).